The highest BCUT2D eigenvalue weighted by Crippen LogP contribution is 2.26. The van der Waals surface area contributed by atoms with Gasteiger partial charge in [-0.2, -0.15) is 10.4 Å². The molecule has 114 valence electrons. The predicted molar refractivity (Wildman–Crippen MR) is 80.1 cm³/mol. The van der Waals surface area contributed by atoms with Crippen molar-refractivity contribution in [3.05, 3.63) is 27.2 Å². The fraction of sp³-hybridized carbons (Fsp3) is 0.688. The number of ether oxygens (including phenoxy) is 1. The average molecular weight is 289 g/mol. The lowest BCUT2D eigenvalue weighted by atomic mass is 9.88. The Hall–Kier alpha value is -1.67. The third-order valence-electron chi connectivity index (χ3n) is 4.42. The zero-order valence-electron chi connectivity index (χ0n) is 13.1. The highest BCUT2D eigenvalue weighted by Gasteiger charge is 2.21. The van der Waals surface area contributed by atoms with Gasteiger partial charge in [-0.3, -0.25) is 4.79 Å². The van der Waals surface area contributed by atoms with Crippen molar-refractivity contribution in [3.8, 4) is 6.07 Å². The number of nitriles is 1. The van der Waals surface area contributed by atoms with E-state index in [1.165, 1.54) is 23.9 Å². The van der Waals surface area contributed by atoms with Gasteiger partial charge in [-0.05, 0) is 38.2 Å². The van der Waals surface area contributed by atoms with Crippen molar-refractivity contribution in [2.24, 2.45) is 5.92 Å². The van der Waals surface area contributed by atoms with Crippen LogP contribution in [0.5, 0.6) is 0 Å². The van der Waals surface area contributed by atoms with Crippen LogP contribution >= 0.6 is 0 Å². The highest BCUT2D eigenvalue weighted by atomic mass is 16.5. The van der Waals surface area contributed by atoms with Gasteiger partial charge in [0.05, 0.1) is 24.9 Å². The van der Waals surface area contributed by atoms with Crippen LogP contribution in [0.4, 0.5) is 0 Å². The molecule has 0 unspecified atom stereocenters. The fourth-order valence-electron chi connectivity index (χ4n) is 2.88. The minimum absolute atomic E-state index is 0.188. The van der Waals surface area contributed by atoms with Crippen LogP contribution in [0.3, 0.4) is 0 Å². The molecule has 1 aromatic heterocycles. The second-order valence-corrected chi connectivity index (χ2v) is 5.90. The van der Waals surface area contributed by atoms with E-state index in [9.17, 15) is 4.79 Å². The Morgan fingerprint density at radius 1 is 1.38 bits per heavy atom. The zero-order valence-corrected chi connectivity index (χ0v) is 13.1. The second kappa shape index (κ2) is 6.86. The SMILES string of the molecule is Cc1nn(CCO[C@H]2CCCC[C@@H]2C)c(=O)c(C#N)c1C. The van der Waals surface area contributed by atoms with Gasteiger partial charge in [-0.15, -0.1) is 0 Å². The van der Waals surface area contributed by atoms with Crippen molar-refractivity contribution in [1.29, 1.82) is 5.26 Å². The minimum atomic E-state index is -0.319. The van der Waals surface area contributed by atoms with Crippen LogP contribution in [-0.4, -0.2) is 22.5 Å². The molecule has 1 fully saturated rings. The zero-order chi connectivity index (χ0) is 15.4. The van der Waals surface area contributed by atoms with Gasteiger partial charge in [0.2, 0.25) is 0 Å². The molecule has 0 bridgehead atoms. The summed E-state index contributed by atoms with van der Waals surface area (Å²) in [6.07, 6.45) is 5.10. The Morgan fingerprint density at radius 3 is 2.76 bits per heavy atom. The van der Waals surface area contributed by atoms with Crippen LogP contribution < -0.4 is 5.56 Å². The number of nitrogens with zero attached hydrogens (tertiary/aromatic N) is 3. The van der Waals surface area contributed by atoms with E-state index < -0.39 is 0 Å². The van der Waals surface area contributed by atoms with Gasteiger partial charge in [-0.25, -0.2) is 4.68 Å². The van der Waals surface area contributed by atoms with Crippen LogP contribution in [0.15, 0.2) is 4.79 Å². The van der Waals surface area contributed by atoms with Gasteiger partial charge >= 0.3 is 0 Å². The van der Waals surface area contributed by atoms with Crippen LogP contribution in [-0.2, 0) is 11.3 Å². The van der Waals surface area contributed by atoms with Gasteiger partial charge in [0.1, 0.15) is 11.6 Å². The van der Waals surface area contributed by atoms with Crippen molar-refractivity contribution in [1.82, 2.24) is 9.78 Å². The molecule has 2 rings (SSSR count). The third-order valence-corrected chi connectivity index (χ3v) is 4.42. The highest BCUT2D eigenvalue weighted by molar-refractivity contribution is 5.36. The summed E-state index contributed by atoms with van der Waals surface area (Å²) in [5, 5.41) is 13.3. The summed E-state index contributed by atoms with van der Waals surface area (Å²) in [6.45, 7) is 6.66. The number of rotatable bonds is 4. The third kappa shape index (κ3) is 3.51. The molecule has 21 heavy (non-hydrogen) atoms. The molecule has 0 N–H and O–H groups in total. The maximum Gasteiger partial charge on any atom is 0.285 e. The first-order chi connectivity index (χ1) is 10.0. The van der Waals surface area contributed by atoms with Crippen molar-refractivity contribution < 1.29 is 4.74 Å². The van der Waals surface area contributed by atoms with Gasteiger partial charge in [0, 0.05) is 0 Å². The Balaban J connectivity index is 2.02. The van der Waals surface area contributed by atoms with E-state index in [0.717, 1.165) is 12.1 Å². The van der Waals surface area contributed by atoms with Gasteiger partial charge in [-0.1, -0.05) is 19.8 Å². The molecular formula is C16H23N3O2. The molecule has 5 heteroatoms. The molecule has 1 heterocycles. The monoisotopic (exact) mass is 289 g/mol. The normalized spacial score (nSPS) is 22.0. The Kier molecular flexibility index (Phi) is 5.13. The summed E-state index contributed by atoms with van der Waals surface area (Å²) >= 11 is 0. The number of hydrogen-bond acceptors (Lipinski definition) is 4. The van der Waals surface area contributed by atoms with Crippen LogP contribution in [0, 0.1) is 31.1 Å². The molecule has 0 aromatic carbocycles. The summed E-state index contributed by atoms with van der Waals surface area (Å²) in [7, 11) is 0. The van der Waals surface area contributed by atoms with E-state index >= 15 is 0 Å². The summed E-state index contributed by atoms with van der Waals surface area (Å²) in [6, 6.07) is 1.98. The van der Waals surface area contributed by atoms with Gasteiger partial charge < -0.3 is 4.74 Å². The van der Waals surface area contributed by atoms with E-state index in [0.29, 0.717) is 24.6 Å². The summed E-state index contributed by atoms with van der Waals surface area (Å²) in [5.74, 6) is 0.581. The lowest BCUT2D eigenvalue weighted by Crippen LogP contribution is -2.31. The first kappa shape index (κ1) is 15.7. The van der Waals surface area contributed by atoms with Crippen LogP contribution in [0.2, 0.25) is 0 Å². The van der Waals surface area contributed by atoms with E-state index in [1.807, 2.05) is 13.0 Å². The lowest BCUT2D eigenvalue weighted by molar-refractivity contribution is -0.00974. The van der Waals surface area contributed by atoms with E-state index in [1.54, 1.807) is 6.92 Å². The molecule has 1 aromatic rings. The molecule has 0 amide bonds. The predicted octanol–water partition coefficient (Wildman–Crippen LogP) is 2.33. The van der Waals surface area contributed by atoms with Crippen molar-refractivity contribution in [2.75, 3.05) is 6.61 Å². The Morgan fingerprint density at radius 2 is 2.10 bits per heavy atom. The molecule has 0 spiro atoms. The van der Waals surface area contributed by atoms with E-state index in [4.69, 9.17) is 10.00 Å². The van der Waals surface area contributed by atoms with E-state index in [-0.39, 0.29) is 17.2 Å². The molecule has 0 saturated heterocycles. The van der Waals surface area contributed by atoms with E-state index in [2.05, 4.69) is 12.0 Å². The summed E-state index contributed by atoms with van der Waals surface area (Å²) < 4.78 is 7.27. The van der Waals surface area contributed by atoms with Crippen molar-refractivity contribution >= 4 is 0 Å². The maximum atomic E-state index is 12.1. The smallest absolute Gasteiger partial charge is 0.285 e. The standard InChI is InChI=1S/C16H23N3O2/c1-11-6-4-5-7-15(11)21-9-8-19-16(20)14(10-17)12(2)13(3)18-19/h11,15H,4-9H2,1-3H3/t11-,15-/m0/s1. The first-order valence-electron chi connectivity index (χ1n) is 7.64. The molecular weight excluding hydrogens is 266 g/mol. The molecule has 2 atom stereocenters. The number of aromatic nitrogens is 2. The number of aryl methyl sites for hydroxylation is 1. The summed E-state index contributed by atoms with van der Waals surface area (Å²) in [5.41, 5.74) is 1.26. The molecule has 5 nitrogen and oxygen atoms in total. The lowest BCUT2D eigenvalue weighted by Gasteiger charge is -2.28. The number of hydrogen-bond donors (Lipinski definition) is 0. The second-order valence-electron chi connectivity index (χ2n) is 5.90. The Labute approximate surface area is 125 Å². The first-order valence-corrected chi connectivity index (χ1v) is 7.64. The molecule has 1 aliphatic carbocycles. The summed E-state index contributed by atoms with van der Waals surface area (Å²) in [4.78, 5) is 12.1. The van der Waals surface area contributed by atoms with Crippen LogP contribution in [0.1, 0.15) is 49.4 Å². The topological polar surface area (TPSA) is 67.9 Å². The Bertz CT molecular complexity index is 601. The molecule has 1 saturated carbocycles. The fourth-order valence-corrected chi connectivity index (χ4v) is 2.88. The van der Waals surface area contributed by atoms with Crippen LogP contribution in [0.25, 0.3) is 0 Å². The molecule has 0 radical (unpaired) electrons. The van der Waals surface area contributed by atoms with Crippen molar-refractivity contribution in [3.63, 3.8) is 0 Å². The maximum absolute atomic E-state index is 12.1. The molecule has 1 aliphatic rings. The van der Waals surface area contributed by atoms with Gasteiger partial charge in [0.15, 0.2) is 0 Å². The van der Waals surface area contributed by atoms with Crippen molar-refractivity contribution in [2.45, 2.75) is 59.1 Å². The largest absolute Gasteiger partial charge is 0.376 e. The quantitative estimate of drug-likeness (QED) is 0.853. The molecule has 0 aliphatic heterocycles. The minimum Gasteiger partial charge on any atom is -0.376 e. The average Bonchev–Trinajstić information content (AvgIpc) is 2.47. The van der Waals surface area contributed by atoms with Gasteiger partial charge in [0.25, 0.3) is 5.56 Å².